The molecule has 1 aliphatic heterocycles. The van der Waals surface area contributed by atoms with E-state index in [2.05, 4.69) is 0 Å². The van der Waals surface area contributed by atoms with Crippen LogP contribution in [-0.4, -0.2) is 16.9 Å². The summed E-state index contributed by atoms with van der Waals surface area (Å²) >= 11 is 1.48. The Morgan fingerprint density at radius 1 is 1.26 bits per heavy atom. The molecule has 0 aliphatic carbocycles. The summed E-state index contributed by atoms with van der Waals surface area (Å²) in [7, 11) is 0. The lowest BCUT2D eigenvalue weighted by molar-refractivity contribution is -0.118. The van der Waals surface area contributed by atoms with E-state index in [1.807, 2.05) is 13.0 Å². The SMILES string of the molecule is CC(=O)c1ccc2c(c1)N(Cc1cccc(F)c1)C(=O)C(C)S2. The van der Waals surface area contributed by atoms with E-state index in [0.29, 0.717) is 5.56 Å². The number of fused-ring (bicyclic) bond motifs is 1. The van der Waals surface area contributed by atoms with Crippen molar-refractivity contribution >= 4 is 29.1 Å². The third-order valence-corrected chi connectivity index (χ3v) is 4.96. The van der Waals surface area contributed by atoms with Crippen LogP contribution in [0.15, 0.2) is 47.4 Å². The Morgan fingerprint density at radius 3 is 2.74 bits per heavy atom. The first-order chi connectivity index (χ1) is 11.0. The molecule has 0 saturated heterocycles. The van der Waals surface area contributed by atoms with Crippen LogP contribution in [-0.2, 0) is 11.3 Å². The highest BCUT2D eigenvalue weighted by Crippen LogP contribution is 2.40. The van der Waals surface area contributed by atoms with E-state index in [1.54, 1.807) is 29.2 Å². The van der Waals surface area contributed by atoms with Gasteiger partial charge in [-0.15, -0.1) is 11.8 Å². The zero-order valence-corrected chi connectivity index (χ0v) is 13.7. The third-order valence-electron chi connectivity index (χ3n) is 3.80. The molecule has 1 unspecified atom stereocenters. The van der Waals surface area contributed by atoms with Crippen LogP contribution in [0.1, 0.15) is 29.8 Å². The monoisotopic (exact) mass is 329 g/mol. The number of hydrogen-bond donors (Lipinski definition) is 0. The number of ketones is 1. The molecule has 1 heterocycles. The topological polar surface area (TPSA) is 37.4 Å². The van der Waals surface area contributed by atoms with E-state index in [0.717, 1.165) is 16.1 Å². The molecule has 0 spiro atoms. The second-order valence-corrected chi connectivity index (χ2v) is 6.94. The summed E-state index contributed by atoms with van der Waals surface area (Å²) in [6.45, 7) is 3.64. The van der Waals surface area contributed by atoms with Gasteiger partial charge in [0.15, 0.2) is 5.78 Å². The molecule has 0 saturated carbocycles. The first kappa shape index (κ1) is 15.7. The van der Waals surface area contributed by atoms with Gasteiger partial charge in [-0.3, -0.25) is 9.59 Å². The van der Waals surface area contributed by atoms with E-state index < -0.39 is 0 Å². The minimum atomic E-state index is -0.327. The summed E-state index contributed by atoms with van der Waals surface area (Å²) in [6, 6.07) is 11.6. The number of carbonyl (C=O) groups excluding carboxylic acids is 2. The highest BCUT2D eigenvalue weighted by Gasteiger charge is 2.31. The molecule has 1 aliphatic rings. The van der Waals surface area contributed by atoms with Gasteiger partial charge in [0.1, 0.15) is 5.82 Å². The average Bonchev–Trinajstić information content (AvgIpc) is 2.51. The lowest BCUT2D eigenvalue weighted by Crippen LogP contribution is -2.39. The van der Waals surface area contributed by atoms with E-state index in [9.17, 15) is 14.0 Å². The number of anilines is 1. The fourth-order valence-electron chi connectivity index (χ4n) is 2.61. The molecule has 2 aromatic rings. The van der Waals surface area contributed by atoms with Gasteiger partial charge in [0, 0.05) is 10.5 Å². The number of hydrogen-bond acceptors (Lipinski definition) is 3. The fraction of sp³-hybridized carbons (Fsp3) is 0.222. The van der Waals surface area contributed by atoms with Crippen LogP contribution in [0.3, 0.4) is 0 Å². The fourth-order valence-corrected chi connectivity index (χ4v) is 3.65. The Morgan fingerprint density at radius 2 is 2.04 bits per heavy atom. The Balaban J connectivity index is 2.03. The summed E-state index contributed by atoms with van der Waals surface area (Å²) in [5, 5.41) is -0.209. The first-order valence-electron chi connectivity index (χ1n) is 7.33. The minimum Gasteiger partial charge on any atom is -0.306 e. The normalized spacial score (nSPS) is 17.1. The van der Waals surface area contributed by atoms with Gasteiger partial charge in [0.25, 0.3) is 0 Å². The molecule has 3 nitrogen and oxygen atoms in total. The van der Waals surface area contributed by atoms with Gasteiger partial charge in [-0.05, 0) is 43.7 Å². The van der Waals surface area contributed by atoms with Crippen LogP contribution < -0.4 is 4.90 Å². The van der Waals surface area contributed by atoms with Crippen LogP contribution in [0, 0.1) is 5.82 Å². The van der Waals surface area contributed by atoms with E-state index in [4.69, 9.17) is 0 Å². The summed E-state index contributed by atoms with van der Waals surface area (Å²) < 4.78 is 13.4. The van der Waals surface area contributed by atoms with Crippen molar-refractivity contribution in [2.45, 2.75) is 30.5 Å². The lowest BCUT2D eigenvalue weighted by Gasteiger charge is -2.32. The van der Waals surface area contributed by atoms with Gasteiger partial charge in [0.2, 0.25) is 5.91 Å². The molecule has 0 aromatic heterocycles. The molecular weight excluding hydrogens is 313 g/mol. The molecule has 0 fully saturated rings. The van der Waals surface area contributed by atoms with E-state index in [-0.39, 0.29) is 29.3 Å². The quantitative estimate of drug-likeness (QED) is 0.797. The van der Waals surface area contributed by atoms with Crippen LogP contribution in [0.4, 0.5) is 10.1 Å². The zero-order chi connectivity index (χ0) is 16.6. The number of halogens is 1. The number of amides is 1. The Hall–Kier alpha value is -2.14. The van der Waals surface area contributed by atoms with Gasteiger partial charge >= 0.3 is 0 Å². The standard InChI is InChI=1S/C18H16FNO2S/c1-11(21)14-6-7-17-16(9-14)20(18(22)12(2)23-17)10-13-4-3-5-15(19)8-13/h3-9,12H,10H2,1-2H3. The van der Waals surface area contributed by atoms with Gasteiger partial charge < -0.3 is 4.90 Å². The van der Waals surface area contributed by atoms with Crippen molar-refractivity contribution in [2.75, 3.05) is 4.90 Å². The number of carbonyl (C=O) groups is 2. The third kappa shape index (κ3) is 3.15. The highest BCUT2D eigenvalue weighted by molar-refractivity contribution is 8.00. The Labute approximate surface area is 138 Å². The van der Waals surface area contributed by atoms with Crippen LogP contribution in [0.5, 0.6) is 0 Å². The molecule has 23 heavy (non-hydrogen) atoms. The van der Waals surface area contributed by atoms with Gasteiger partial charge in [-0.2, -0.15) is 0 Å². The smallest absolute Gasteiger partial charge is 0.240 e. The van der Waals surface area contributed by atoms with Crippen LogP contribution >= 0.6 is 11.8 Å². The molecule has 0 bridgehead atoms. The van der Waals surface area contributed by atoms with Crippen molar-refractivity contribution in [1.82, 2.24) is 0 Å². The molecule has 1 amide bonds. The molecule has 2 aromatic carbocycles. The maximum absolute atomic E-state index is 13.4. The molecule has 5 heteroatoms. The number of rotatable bonds is 3. The largest absolute Gasteiger partial charge is 0.306 e. The molecule has 0 N–H and O–H groups in total. The molecule has 1 atom stereocenters. The average molecular weight is 329 g/mol. The Kier molecular flexibility index (Phi) is 4.22. The maximum atomic E-state index is 13.4. The van der Waals surface area contributed by atoms with Crippen molar-refractivity contribution in [3.63, 3.8) is 0 Å². The maximum Gasteiger partial charge on any atom is 0.240 e. The van der Waals surface area contributed by atoms with Gasteiger partial charge in [-0.25, -0.2) is 4.39 Å². The zero-order valence-electron chi connectivity index (χ0n) is 12.9. The number of nitrogens with zero attached hydrogens (tertiary/aromatic N) is 1. The molecule has 118 valence electrons. The van der Waals surface area contributed by atoms with Gasteiger partial charge in [0.05, 0.1) is 17.5 Å². The van der Waals surface area contributed by atoms with Gasteiger partial charge in [-0.1, -0.05) is 18.2 Å². The predicted molar refractivity (Wildman–Crippen MR) is 89.4 cm³/mol. The second-order valence-electron chi connectivity index (χ2n) is 5.55. The summed E-state index contributed by atoms with van der Waals surface area (Å²) in [4.78, 5) is 26.8. The van der Waals surface area contributed by atoms with Crippen LogP contribution in [0.25, 0.3) is 0 Å². The van der Waals surface area contributed by atoms with Crippen molar-refractivity contribution in [1.29, 1.82) is 0 Å². The summed E-state index contributed by atoms with van der Waals surface area (Å²) in [6.07, 6.45) is 0. The van der Waals surface area contributed by atoms with Crippen LogP contribution in [0.2, 0.25) is 0 Å². The second kappa shape index (κ2) is 6.16. The minimum absolute atomic E-state index is 0.0348. The summed E-state index contributed by atoms with van der Waals surface area (Å²) in [5.41, 5.74) is 2.00. The summed E-state index contributed by atoms with van der Waals surface area (Å²) in [5.74, 6) is -0.408. The molecule has 0 radical (unpaired) electrons. The molecule has 3 rings (SSSR count). The van der Waals surface area contributed by atoms with Crippen molar-refractivity contribution in [3.8, 4) is 0 Å². The van der Waals surface area contributed by atoms with Crippen molar-refractivity contribution < 1.29 is 14.0 Å². The first-order valence-corrected chi connectivity index (χ1v) is 8.21. The molecular formula is C18H16FNO2S. The lowest BCUT2D eigenvalue weighted by atomic mass is 10.1. The Bertz CT molecular complexity index is 790. The van der Waals surface area contributed by atoms with Crippen molar-refractivity contribution in [3.05, 3.63) is 59.4 Å². The van der Waals surface area contributed by atoms with Crippen molar-refractivity contribution in [2.24, 2.45) is 0 Å². The number of thioether (sulfide) groups is 1. The van der Waals surface area contributed by atoms with E-state index >= 15 is 0 Å². The predicted octanol–water partition coefficient (Wildman–Crippen LogP) is 4.06. The van der Waals surface area contributed by atoms with E-state index in [1.165, 1.54) is 30.8 Å². The highest BCUT2D eigenvalue weighted by atomic mass is 32.2. The number of Topliss-reactive ketones (excluding diaryl/α,β-unsaturated/α-hetero) is 1. The number of benzene rings is 2.